The second kappa shape index (κ2) is 4.85. The number of imidazole rings is 1. The number of fused-ring (bicyclic) bond motifs is 1. The summed E-state index contributed by atoms with van der Waals surface area (Å²) in [7, 11) is 4.16. The van der Waals surface area contributed by atoms with Crippen molar-refractivity contribution in [1.29, 1.82) is 0 Å². The minimum Gasteiger partial charge on any atom is -0.345 e. The van der Waals surface area contributed by atoms with Crippen molar-refractivity contribution in [2.24, 2.45) is 0 Å². The van der Waals surface area contributed by atoms with Gasteiger partial charge in [-0.3, -0.25) is 0 Å². The number of aromatic nitrogens is 2. The molecule has 1 aromatic heterocycles. The van der Waals surface area contributed by atoms with E-state index in [9.17, 15) is 0 Å². The highest BCUT2D eigenvalue weighted by Gasteiger charge is 2.13. The maximum Gasteiger partial charge on any atom is 0.0931 e. The summed E-state index contributed by atoms with van der Waals surface area (Å²) in [5.74, 6) is 0.670. The number of hydrogen-bond donors (Lipinski definition) is 1. The van der Waals surface area contributed by atoms with E-state index in [1.165, 1.54) is 5.56 Å². The molecule has 2 rings (SSSR count). The lowest BCUT2D eigenvalue weighted by Crippen LogP contribution is -2.20. The van der Waals surface area contributed by atoms with Gasteiger partial charge in [0, 0.05) is 11.9 Å². The van der Waals surface area contributed by atoms with Crippen molar-refractivity contribution in [2.45, 2.75) is 12.5 Å². The number of nitrogens with zero attached hydrogens (tertiary/aromatic N) is 2. The van der Waals surface area contributed by atoms with Crippen molar-refractivity contribution in [3.8, 4) is 0 Å². The van der Waals surface area contributed by atoms with E-state index in [4.69, 9.17) is 11.6 Å². The monoisotopic (exact) mass is 237 g/mol. The van der Waals surface area contributed by atoms with Gasteiger partial charge in [0.05, 0.1) is 17.4 Å². The Morgan fingerprint density at radius 3 is 2.94 bits per heavy atom. The van der Waals surface area contributed by atoms with Crippen LogP contribution in [-0.2, 0) is 0 Å². The predicted octanol–water partition coefficient (Wildman–Crippen LogP) is 2.79. The van der Waals surface area contributed by atoms with Crippen molar-refractivity contribution in [3.05, 3.63) is 30.1 Å². The molecule has 1 heterocycles. The van der Waals surface area contributed by atoms with E-state index < -0.39 is 0 Å². The van der Waals surface area contributed by atoms with Gasteiger partial charge in [-0.2, -0.15) is 0 Å². The third-order valence-corrected chi connectivity index (χ3v) is 3.05. The summed E-state index contributed by atoms with van der Waals surface area (Å²) in [5, 5.41) is 0. The average Bonchev–Trinajstić information content (AvgIpc) is 2.72. The summed E-state index contributed by atoms with van der Waals surface area (Å²) in [6.07, 6.45) is 2.68. The summed E-state index contributed by atoms with van der Waals surface area (Å²) in [5.41, 5.74) is 3.37. The molecule has 0 aliphatic carbocycles. The smallest absolute Gasteiger partial charge is 0.0931 e. The van der Waals surface area contributed by atoms with Crippen LogP contribution in [0.4, 0.5) is 0 Å². The van der Waals surface area contributed by atoms with E-state index in [0.29, 0.717) is 11.9 Å². The standard InChI is InChI=1S/C12H16ClN3/c1-16(2)12(5-6-13)9-3-4-10-11(7-9)15-8-14-10/h3-4,7-8,12H,5-6H2,1-2H3,(H,14,15). The van der Waals surface area contributed by atoms with E-state index in [0.717, 1.165) is 17.5 Å². The molecule has 1 atom stereocenters. The fourth-order valence-electron chi connectivity index (χ4n) is 1.99. The first kappa shape index (κ1) is 11.4. The summed E-state index contributed by atoms with van der Waals surface area (Å²) in [4.78, 5) is 9.54. The number of alkyl halides is 1. The predicted molar refractivity (Wildman–Crippen MR) is 67.9 cm³/mol. The first-order valence-corrected chi connectivity index (χ1v) is 5.91. The molecule has 16 heavy (non-hydrogen) atoms. The van der Waals surface area contributed by atoms with Crippen LogP contribution in [0.15, 0.2) is 24.5 Å². The molecule has 0 radical (unpaired) electrons. The molecule has 0 amide bonds. The van der Waals surface area contributed by atoms with Gasteiger partial charge in [0.15, 0.2) is 0 Å². The van der Waals surface area contributed by atoms with Crippen LogP contribution in [0, 0.1) is 0 Å². The van der Waals surface area contributed by atoms with Crippen LogP contribution < -0.4 is 0 Å². The lowest BCUT2D eigenvalue weighted by molar-refractivity contribution is 0.293. The van der Waals surface area contributed by atoms with Crippen LogP contribution in [0.2, 0.25) is 0 Å². The molecule has 0 saturated carbocycles. The Bertz CT molecular complexity index is 464. The number of aromatic amines is 1. The van der Waals surface area contributed by atoms with Gasteiger partial charge in [0.2, 0.25) is 0 Å². The van der Waals surface area contributed by atoms with Crippen LogP contribution >= 0.6 is 11.6 Å². The third-order valence-electron chi connectivity index (χ3n) is 2.83. The molecular formula is C12H16ClN3. The number of rotatable bonds is 4. The van der Waals surface area contributed by atoms with Gasteiger partial charge >= 0.3 is 0 Å². The molecule has 3 nitrogen and oxygen atoms in total. The van der Waals surface area contributed by atoms with Crippen molar-refractivity contribution in [2.75, 3.05) is 20.0 Å². The average molecular weight is 238 g/mol. The Morgan fingerprint density at radius 1 is 1.44 bits per heavy atom. The van der Waals surface area contributed by atoms with Gasteiger partial charge in [-0.15, -0.1) is 11.6 Å². The van der Waals surface area contributed by atoms with Gasteiger partial charge in [0.25, 0.3) is 0 Å². The zero-order valence-electron chi connectivity index (χ0n) is 9.57. The summed E-state index contributed by atoms with van der Waals surface area (Å²) < 4.78 is 0. The van der Waals surface area contributed by atoms with Crippen molar-refractivity contribution < 1.29 is 0 Å². The first-order valence-electron chi connectivity index (χ1n) is 5.38. The molecule has 0 aliphatic rings. The largest absolute Gasteiger partial charge is 0.345 e. The van der Waals surface area contributed by atoms with Gasteiger partial charge in [-0.1, -0.05) is 6.07 Å². The summed E-state index contributed by atoms with van der Waals surface area (Å²) >= 11 is 5.84. The molecule has 1 aromatic carbocycles. The number of nitrogens with one attached hydrogen (secondary N) is 1. The number of halogens is 1. The first-order chi connectivity index (χ1) is 7.72. The van der Waals surface area contributed by atoms with E-state index in [1.54, 1.807) is 6.33 Å². The molecule has 86 valence electrons. The Kier molecular flexibility index (Phi) is 3.46. The number of hydrogen-bond acceptors (Lipinski definition) is 2. The lowest BCUT2D eigenvalue weighted by Gasteiger charge is -2.23. The van der Waals surface area contributed by atoms with E-state index >= 15 is 0 Å². The Hall–Kier alpha value is -1.06. The molecule has 2 aromatic rings. The topological polar surface area (TPSA) is 31.9 Å². The van der Waals surface area contributed by atoms with Gasteiger partial charge in [-0.25, -0.2) is 4.98 Å². The maximum atomic E-state index is 5.84. The molecule has 0 saturated heterocycles. The summed E-state index contributed by atoms with van der Waals surface area (Å²) in [6, 6.07) is 6.69. The zero-order chi connectivity index (χ0) is 11.5. The normalized spacial score (nSPS) is 13.5. The van der Waals surface area contributed by atoms with Gasteiger partial charge < -0.3 is 9.88 Å². The molecular weight excluding hydrogens is 222 g/mol. The Morgan fingerprint density at radius 2 is 2.25 bits per heavy atom. The minimum atomic E-state index is 0.366. The fourth-order valence-corrected chi connectivity index (χ4v) is 2.19. The zero-order valence-corrected chi connectivity index (χ0v) is 10.3. The Labute approximate surface area is 100 Å². The van der Waals surface area contributed by atoms with Crippen LogP contribution in [0.3, 0.4) is 0 Å². The number of benzene rings is 1. The maximum absolute atomic E-state index is 5.84. The SMILES string of the molecule is CN(C)C(CCCl)c1ccc2nc[nH]c2c1. The molecule has 4 heteroatoms. The van der Waals surface area contributed by atoms with Gasteiger partial charge in [-0.05, 0) is 38.2 Å². The molecule has 0 bridgehead atoms. The highest BCUT2D eigenvalue weighted by molar-refractivity contribution is 6.17. The van der Waals surface area contributed by atoms with Crippen LogP contribution in [0.1, 0.15) is 18.0 Å². The lowest BCUT2D eigenvalue weighted by atomic mass is 10.0. The van der Waals surface area contributed by atoms with E-state index in [2.05, 4.69) is 41.1 Å². The van der Waals surface area contributed by atoms with Crippen molar-refractivity contribution >= 4 is 22.6 Å². The van der Waals surface area contributed by atoms with E-state index in [-0.39, 0.29) is 0 Å². The molecule has 1 unspecified atom stereocenters. The molecule has 0 aliphatic heterocycles. The molecule has 0 fully saturated rings. The van der Waals surface area contributed by atoms with Crippen molar-refractivity contribution in [3.63, 3.8) is 0 Å². The second-order valence-electron chi connectivity index (χ2n) is 4.14. The van der Waals surface area contributed by atoms with E-state index in [1.807, 2.05) is 6.07 Å². The number of H-pyrrole nitrogens is 1. The van der Waals surface area contributed by atoms with Crippen molar-refractivity contribution in [1.82, 2.24) is 14.9 Å². The molecule has 0 spiro atoms. The summed E-state index contributed by atoms with van der Waals surface area (Å²) in [6.45, 7) is 0. The third kappa shape index (κ3) is 2.20. The highest BCUT2D eigenvalue weighted by Crippen LogP contribution is 2.24. The van der Waals surface area contributed by atoms with Crippen LogP contribution in [0.25, 0.3) is 11.0 Å². The van der Waals surface area contributed by atoms with Crippen LogP contribution in [-0.4, -0.2) is 34.8 Å². The highest BCUT2D eigenvalue weighted by atomic mass is 35.5. The van der Waals surface area contributed by atoms with Crippen LogP contribution in [0.5, 0.6) is 0 Å². The second-order valence-corrected chi connectivity index (χ2v) is 4.51. The molecule has 1 N–H and O–H groups in total. The fraction of sp³-hybridized carbons (Fsp3) is 0.417. The van der Waals surface area contributed by atoms with Gasteiger partial charge in [0.1, 0.15) is 0 Å². The quantitative estimate of drug-likeness (QED) is 0.830. The Balaban J connectivity index is 2.35. The minimum absolute atomic E-state index is 0.366.